The Morgan fingerprint density at radius 3 is 2.15 bits per heavy atom. The van der Waals surface area contributed by atoms with Crippen LogP contribution in [0, 0.1) is 12.7 Å². The van der Waals surface area contributed by atoms with Gasteiger partial charge >= 0.3 is 0 Å². The second-order valence-corrected chi connectivity index (χ2v) is 12.0. The van der Waals surface area contributed by atoms with Crippen LogP contribution in [0.25, 0.3) is 0 Å². The van der Waals surface area contributed by atoms with Crippen LogP contribution >= 0.6 is 11.6 Å². The zero-order valence-electron chi connectivity index (χ0n) is 22.0. The van der Waals surface area contributed by atoms with E-state index in [-0.39, 0.29) is 28.7 Å². The number of hydrogen-bond donors (Lipinski definition) is 0. The first kappa shape index (κ1) is 27.7. The molecule has 0 spiro atoms. The SMILES string of the molecule is Cc1ccc(S(=O)(=O)N(Cc2ccc(Cl)cc2)c2ccccc2C(=O)N2CCN(c3ccccc3F)CC2)cc1. The molecule has 0 N–H and O–H groups in total. The molecule has 6 nitrogen and oxygen atoms in total. The van der Waals surface area contributed by atoms with Gasteiger partial charge in [-0.2, -0.15) is 0 Å². The Kier molecular flexibility index (Phi) is 8.09. The molecule has 1 amide bonds. The summed E-state index contributed by atoms with van der Waals surface area (Å²) in [6, 6.07) is 27.0. The van der Waals surface area contributed by atoms with E-state index in [9.17, 15) is 17.6 Å². The second kappa shape index (κ2) is 11.7. The van der Waals surface area contributed by atoms with Crippen molar-refractivity contribution in [3.63, 3.8) is 0 Å². The average molecular weight is 578 g/mol. The maximum Gasteiger partial charge on any atom is 0.264 e. The number of anilines is 2. The minimum Gasteiger partial charge on any atom is -0.366 e. The van der Waals surface area contributed by atoms with Crippen LogP contribution in [0.5, 0.6) is 0 Å². The van der Waals surface area contributed by atoms with E-state index < -0.39 is 10.0 Å². The topological polar surface area (TPSA) is 60.9 Å². The highest BCUT2D eigenvalue weighted by Gasteiger charge is 2.31. The molecule has 0 saturated carbocycles. The van der Waals surface area contributed by atoms with Crippen molar-refractivity contribution in [2.45, 2.75) is 18.4 Å². The van der Waals surface area contributed by atoms with Gasteiger partial charge in [0, 0.05) is 31.2 Å². The van der Waals surface area contributed by atoms with Crippen LogP contribution in [0.3, 0.4) is 0 Å². The van der Waals surface area contributed by atoms with Gasteiger partial charge in [-0.15, -0.1) is 0 Å². The lowest BCUT2D eigenvalue weighted by Gasteiger charge is -2.37. The number of piperazine rings is 1. The molecule has 0 bridgehead atoms. The fraction of sp³-hybridized carbons (Fsp3) is 0.194. The van der Waals surface area contributed by atoms with Crippen LogP contribution in [0.2, 0.25) is 5.02 Å². The molecule has 1 heterocycles. The molecule has 40 heavy (non-hydrogen) atoms. The molecule has 0 radical (unpaired) electrons. The first-order chi connectivity index (χ1) is 19.2. The van der Waals surface area contributed by atoms with Crippen molar-refractivity contribution in [3.8, 4) is 0 Å². The van der Waals surface area contributed by atoms with Crippen molar-refractivity contribution in [2.24, 2.45) is 0 Å². The van der Waals surface area contributed by atoms with E-state index in [0.29, 0.717) is 42.6 Å². The Morgan fingerprint density at radius 2 is 1.48 bits per heavy atom. The number of nitrogens with zero attached hydrogens (tertiary/aromatic N) is 3. The maximum atomic E-state index is 14.3. The van der Waals surface area contributed by atoms with Crippen LogP contribution in [0.4, 0.5) is 15.8 Å². The zero-order chi connectivity index (χ0) is 28.3. The summed E-state index contributed by atoms with van der Waals surface area (Å²) >= 11 is 6.07. The summed E-state index contributed by atoms with van der Waals surface area (Å²) in [5.41, 5.74) is 2.74. The predicted octanol–water partition coefficient (Wildman–Crippen LogP) is 6.15. The molecule has 4 aromatic carbocycles. The normalized spacial score (nSPS) is 13.8. The van der Waals surface area contributed by atoms with Gasteiger partial charge in [0.15, 0.2) is 0 Å². The molecular weight excluding hydrogens is 549 g/mol. The standard InChI is InChI=1S/C31H29ClFN3O3S/c1-23-10-16-26(17-11-23)40(38,39)36(22-24-12-14-25(32)15-13-24)29-8-4-2-6-27(29)31(37)35-20-18-34(19-21-35)30-9-5-3-7-28(30)33/h2-17H,18-22H2,1H3. The Bertz CT molecular complexity index is 1600. The van der Waals surface area contributed by atoms with E-state index in [0.717, 1.165) is 11.1 Å². The third-order valence-electron chi connectivity index (χ3n) is 7.01. The Balaban J connectivity index is 1.47. The Morgan fingerprint density at radius 1 is 0.850 bits per heavy atom. The van der Waals surface area contributed by atoms with Crippen molar-refractivity contribution >= 4 is 38.9 Å². The number of carbonyl (C=O) groups excluding carboxylic acids is 1. The molecule has 0 aromatic heterocycles. The predicted molar refractivity (Wildman–Crippen MR) is 157 cm³/mol. The van der Waals surface area contributed by atoms with Crippen LogP contribution in [0.1, 0.15) is 21.5 Å². The van der Waals surface area contributed by atoms with Gasteiger partial charge < -0.3 is 9.80 Å². The van der Waals surface area contributed by atoms with E-state index >= 15 is 0 Å². The van der Waals surface area contributed by atoms with Crippen molar-refractivity contribution in [2.75, 3.05) is 35.4 Å². The molecule has 0 unspecified atom stereocenters. The van der Waals surface area contributed by atoms with Gasteiger partial charge in [-0.3, -0.25) is 9.10 Å². The number of hydrogen-bond acceptors (Lipinski definition) is 4. The summed E-state index contributed by atoms with van der Waals surface area (Å²) in [4.78, 5) is 17.6. The fourth-order valence-corrected chi connectivity index (χ4v) is 6.39. The van der Waals surface area contributed by atoms with E-state index in [1.54, 1.807) is 95.9 Å². The molecule has 1 saturated heterocycles. The molecule has 9 heteroatoms. The van der Waals surface area contributed by atoms with E-state index in [1.165, 1.54) is 10.4 Å². The smallest absolute Gasteiger partial charge is 0.264 e. The van der Waals surface area contributed by atoms with E-state index in [4.69, 9.17) is 11.6 Å². The van der Waals surface area contributed by atoms with Crippen LogP contribution in [-0.4, -0.2) is 45.4 Å². The fourth-order valence-electron chi connectivity index (χ4n) is 4.79. The zero-order valence-corrected chi connectivity index (χ0v) is 23.6. The van der Waals surface area contributed by atoms with E-state index in [2.05, 4.69) is 0 Å². The minimum absolute atomic E-state index is 0.0126. The first-order valence-electron chi connectivity index (χ1n) is 13.0. The van der Waals surface area contributed by atoms with Gasteiger partial charge in [0.05, 0.1) is 28.4 Å². The van der Waals surface area contributed by atoms with Gasteiger partial charge in [-0.25, -0.2) is 12.8 Å². The van der Waals surface area contributed by atoms with Crippen molar-refractivity contribution in [3.05, 3.63) is 125 Å². The van der Waals surface area contributed by atoms with Crippen LogP contribution < -0.4 is 9.21 Å². The molecule has 1 aliphatic heterocycles. The average Bonchev–Trinajstić information content (AvgIpc) is 2.97. The summed E-state index contributed by atoms with van der Waals surface area (Å²) in [6.07, 6.45) is 0. The lowest BCUT2D eigenvalue weighted by Crippen LogP contribution is -2.49. The lowest BCUT2D eigenvalue weighted by molar-refractivity contribution is 0.0747. The molecular formula is C31H29ClFN3O3S. The number of aryl methyl sites for hydroxylation is 1. The monoisotopic (exact) mass is 577 g/mol. The van der Waals surface area contributed by atoms with Crippen molar-refractivity contribution < 1.29 is 17.6 Å². The summed E-state index contributed by atoms with van der Waals surface area (Å²) in [6.45, 7) is 3.59. The van der Waals surface area contributed by atoms with E-state index in [1.807, 2.05) is 11.8 Å². The minimum atomic E-state index is -4.04. The number of benzene rings is 4. The number of sulfonamides is 1. The third kappa shape index (κ3) is 5.83. The van der Waals surface area contributed by atoms with Crippen LogP contribution in [0.15, 0.2) is 102 Å². The van der Waals surface area contributed by atoms with Crippen LogP contribution in [-0.2, 0) is 16.6 Å². The molecule has 206 valence electrons. The lowest BCUT2D eigenvalue weighted by atomic mass is 10.1. The summed E-state index contributed by atoms with van der Waals surface area (Å²) < 4.78 is 43.7. The Hall–Kier alpha value is -3.88. The van der Waals surface area contributed by atoms with Crippen molar-refractivity contribution in [1.29, 1.82) is 0 Å². The Labute approximate surface area is 239 Å². The summed E-state index contributed by atoms with van der Waals surface area (Å²) in [5.74, 6) is -0.573. The number of carbonyl (C=O) groups is 1. The van der Waals surface area contributed by atoms with Crippen molar-refractivity contribution in [1.82, 2.24) is 4.90 Å². The molecule has 1 aliphatic rings. The van der Waals surface area contributed by atoms with Gasteiger partial charge in [0.2, 0.25) is 0 Å². The summed E-state index contributed by atoms with van der Waals surface area (Å²) in [7, 11) is -4.04. The summed E-state index contributed by atoms with van der Waals surface area (Å²) in [5, 5.41) is 0.543. The number of halogens is 2. The number of para-hydroxylation sites is 2. The molecule has 1 fully saturated rings. The molecule has 0 aliphatic carbocycles. The number of rotatable bonds is 7. The van der Waals surface area contributed by atoms with Gasteiger partial charge in [0.1, 0.15) is 5.82 Å². The van der Waals surface area contributed by atoms with Gasteiger partial charge in [0.25, 0.3) is 15.9 Å². The third-order valence-corrected chi connectivity index (χ3v) is 9.04. The van der Waals surface area contributed by atoms with Gasteiger partial charge in [-0.1, -0.05) is 65.7 Å². The highest BCUT2D eigenvalue weighted by molar-refractivity contribution is 7.92. The maximum absolute atomic E-state index is 14.3. The highest BCUT2D eigenvalue weighted by Crippen LogP contribution is 2.31. The molecule has 0 atom stereocenters. The first-order valence-corrected chi connectivity index (χ1v) is 14.8. The quantitative estimate of drug-likeness (QED) is 0.264. The number of amides is 1. The highest BCUT2D eigenvalue weighted by atomic mass is 35.5. The molecule has 5 rings (SSSR count). The van der Waals surface area contributed by atoms with Gasteiger partial charge in [-0.05, 0) is 61.0 Å². The second-order valence-electron chi connectivity index (χ2n) is 9.70. The largest absolute Gasteiger partial charge is 0.366 e. The molecule has 4 aromatic rings.